The minimum absolute atomic E-state index is 0.0659. The van der Waals surface area contributed by atoms with E-state index in [4.69, 9.17) is 16.3 Å². The SMILES string of the molecule is CC1C(C(=O)O)=C(Cl)C=C(OCc2ccccc2)C1(CO)C(=O)O. The second-order valence-electron chi connectivity index (χ2n) is 5.51. The molecule has 0 saturated heterocycles. The van der Waals surface area contributed by atoms with E-state index < -0.39 is 29.9 Å². The number of carbonyl (C=O) groups is 2. The van der Waals surface area contributed by atoms with Crippen molar-refractivity contribution in [3.05, 3.63) is 58.3 Å². The smallest absolute Gasteiger partial charge is 0.333 e. The number of aliphatic hydroxyl groups excluding tert-OH is 1. The molecular weight excluding hydrogens is 336 g/mol. The Morgan fingerprint density at radius 3 is 2.38 bits per heavy atom. The van der Waals surface area contributed by atoms with Crippen molar-refractivity contribution >= 4 is 23.5 Å². The van der Waals surface area contributed by atoms with E-state index >= 15 is 0 Å². The van der Waals surface area contributed by atoms with Crippen LogP contribution in [0, 0.1) is 11.3 Å². The third kappa shape index (κ3) is 3.02. The monoisotopic (exact) mass is 352 g/mol. The Morgan fingerprint density at radius 2 is 1.88 bits per heavy atom. The second kappa shape index (κ2) is 7.07. The van der Waals surface area contributed by atoms with Crippen LogP contribution in [0.1, 0.15) is 12.5 Å². The first-order valence-corrected chi connectivity index (χ1v) is 7.58. The number of carboxylic acids is 2. The summed E-state index contributed by atoms with van der Waals surface area (Å²) >= 11 is 6.01. The molecule has 0 heterocycles. The van der Waals surface area contributed by atoms with Crippen LogP contribution in [0.15, 0.2) is 52.8 Å². The van der Waals surface area contributed by atoms with Crippen molar-refractivity contribution in [2.24, 2.45) is 11.3 Å². The van der Waals surface area contributed by atoms with Gasteiger partial charge in [-0.1, -0.05) is 48.9 Å². The lowest BCUT2D eigenvalue weighted by molar-refractivity contribution is -0.155. The number of hydrogen-bond donors (Lipinski definition) is 3. The molecule has 0 spiro atoms. The Balaban J connectivity index is 2.45. The van der Waals surface area contributed by atoms with Crippen LogP contribution in [0.25, 0.3) is 0 Å². The molecule has 2 atom stereocenters. The molecule has 24 heavy (non-hydrogen) atoms. The second-order valence-corrected chi connectivity index (χ2v) is 5.91. The lowest BCUT2D eigenvalue weighted by Gasteiger charge is -2.38. The van der Waals surface area contributed by atoms with Gasteiger partial charge in [0.05, 0.1) is 17.2 Å². The summed E-state index contributed by atoms with van der Waals surface area (Å²) in [6.07, 6.45) is 1.16. The van der Waals surface area contributed by atoms with Crippen LogP contribution in [0.2, 0.25) is 0 Å². The zero-order valence-corrected chi connectivity index (χ0v) is 13.7. The molecule has 0 aliphatic heterocycles. The quantitative estimate of drug-likeness (QED) is 0.726. The zero-order valence-electron chi connectivity index (χ0n) is 12.9. The summed E-state index contributed by atoms with van der Waals surface area (Å²) in [5, 5.41) is 28.6. The van der Waals surface area contributed by atoms with Gasteiger partial charge in [-0.2, -0.15) is 0 Å². The molecule has 0 aromatic heterocycles. The van der Waals surface area contributed by atoms with E-state index in [0.717, 1.165) is 11.6 Å². The van der Waals surface area contributed by atoms with Gasteiger partial charge >= 0.3 is 11.9 Å². The third-order valence-corrected chi connectivity index (χ3v) is 4.54. The molecule has 0 saturated carbocycles. The number of allylic oxidation sites excluding steroid dienone is 2. The van der Waals surface area contributed by atoms with E-state index in [-0.39, 0.29) is 23.0 Å². The van der Waals surface area contributed by atoms with Crippen molar-refractivity contribution in [2.45, 2.75) is 13.5 Å². The highest BCUT2D eigenvalue weighted by molar-refractivity contribution is 6.33. The average Bonchev–Trinajstić information content (AvgIpc) is 2.53. The summed E-state index contributed by atoms with van der Waals surface area (Å²) in [4.78, 5) is 23.3. The molecule has 0 radical (unpaired) electrons. The van der Waals surface area contributed by atoms with E-state index in [1.165, 1.54) is 6.92 Å². The Labute approximate surface area is 143 Å². The Hall–Kier alpha value is -2.31. The fourth-order valence-electron chi connectivity index (χ4n) is 2.75. The largest absolute Gasteiger partial charge is 0.492 e. The van der Waals surface area contributed by atoms with Crippen molar-refractivity contribution < 1.29 is 29.6 Å². The van der Waals surface area contributed by atoms with E-state index in [1.807, 2.05) is 18.2 Å². The van der Waals surface area contributed by atoms with Crippen molar-refractivity contribution in [1.29, 1.82) is 0 Å². The molecule has 1 aliphatic rings. The van der Waals surface area contributed by atoms with Gasteiger partial charge in [-0.3, -0.25) is 4.79 Å². The fourth-order valence-corrected chi connectivity index (χ4v) is 3.10. The Morgan fingerprint density at radius 1 is 1.25 bits per heavy atom. The highest BCUT2D eigenvalue weighted by atomic mass is 35.5. The van der Waals surface area contributed by atoms with Crippen LogP contribution in [-0.4, -0.2) is 33.9 Å². The highest BCUT2D eigenvalue weighted by Crippen LogP contribution is 2.46. The van der Waals surface area contributed by atoms with Gasteiger partial charge in [-0.05, 0) is 11.6 Å². The Kier molecular flexibility index (Phi) is 5.31. The van der Waals surface area contributed by atoms with Gasteiger partial charge in [0.25, 0.3) is 0 Å². The number of halogens is 1. The summed E-state index contributed by atoms with van der Waals surface area (Å²) in [6.45, 7) is 0.654. The standard InChI is InChI=1S/C17H17ClO6/c1-10-14(15(20)21)12(18)7-13(17(10,9-19)16(22)23)24-8-11-5-3-2-4-6-11/h2-7,10,19H,8-9H2,1H3,(H,20,21)(H,22,23). The summed E-state index contributed by atoms with van der Waals surface area (Å²) < 4.78 is 5.61. The van der Waals surface area contributed by atoms with Crippen molar-refractivity contribution in [2.75, 3.05) is 6.61 Å². The van der Waals surface area contributed by atoms with E-state index in [2.05, 4.69) is 0 Å². The third-order valence-electron chi connectivity index (χ3n) is 4.23. The van der Waals surface area contributed by atoms with Crippen LogP contribution < -0.4 is 0 Å². The molecular formula is C17H17ClO6. The zero-order chi connectivity index (χ0) is 17.9. The van der Waals surface area contributed by atoms with Gasteiger partial charge in [0, 0.05) is 5.92 Å². The van der Waals surface area contributed by atoms with E-state index in [1.54, 1.807) is 12.1 Å². The fraction of sp³-hybridized carbons (Fsp3) is 0.294. The summed E-state index contributed by atoms with van der Waals surface area (Å²) in [7, 11) is 0. The lowest BCUT2D eigenvalue weighted by Crippen LogP contribution is -2.47. The van der Waals surface area contributed by atoms with Crippen LogP contribution in [0.4, 0.5) is 0 Å². The minimum Gasteiger partial charge on any atom is -0.492 e. The number of benzene rings is 1. The molecule has 1 aromatic rings. The molecule has 0 bridgehead atoms. The highest BCUT2D eigenvalue weighted by Gasteiger charge is 2.53. The number of hydrogen-bond acceptors (Lipinski definition) is 4. The van der Waals surface area contributed by atoms with E-state index in [0.29, 0.717) is 0 Å². The average molecular weight is 353 g/mol. The first-order valence-electron chi connectivity index (χ1n) is 7.20. The molecule has 7 heteroatoms. The maximum absolute atomic E-state index is 11.9. The normalized spacial score (nSPS) is 23.6. The molecule has 2 unspecified atom stereocenters. The van der Waals surface area contributed by atoms with Crippen LogP contribution >= 0.6 is 11.6 Å². The van der Waals surface area contributed by atoms with Crippen LogP contribution in [0.3, 0.4) is 0 Å². The van der Waals surface area contributed by atoms with Crippen LogP contribution in [0.5, 0.6) is 0 Å². The maximum Gasteiger partial charge on any atom is 0.333 e. The van der Waals surface area contributed by atoms with Crippen molar-refractivity contribution in [3.63, 3.8) is 0 Å². The molecule has 128 valence electrons. The first kappa shape index (κ1) is 18.0. The van der Waals surface area contributed by atoms with Gasteiger partial charge in [-0.15, -0.1) is 0 Å². The predicted octanol–water partition coefficient (Wildman–Crippen LogP) is 2.38. The number of aliphatic carboxylic acids is 2. The van der Waals surface area contributed by atoms with Gasteiger partial charge in [-0.25, -0.2) is 4.79 Å². The van der Waals surface area contributed by atoms with Gasteiger partial charge in [0.15, 0.2) is 5.41 Å². The molecule has 6 nitrogen and oxygen atoms in total. The summed E-state index contributed by atoms with van der Waals surface area (Å²) in [5.74, 6) is -3.84. The van der Waals surface area contributed by atoms with Crippen molar-refractivity contribution in [1.82, 2.24) is 0 Å². The molecule has 1 aliphatic carbocycles. The topological polar surface area (TPSA) is 104 Å². The van der Waals surface area contributed by atoms with Gasteiger partial charge in [0.2, 0.25) is 0 Å². The summed E-state index contributed by atoms with van der Waals surface area (Å²) in [6, 6.07) is 9.05. The molecule has 0 amide bonds. The summed E-state index contributed by atoms with van der Waals surface area (Å²) in [5.41, 5.74) is -1.37. The minimum atomic E-state index is -1.90. The first-order chi connectivity index (χ1) is 11.3. The van der Waals surface area contributed by atoms with Crippen molar-refractivity contribution in [3.8, 4) is 0 Å². The molecule has 0 fully saturated rings. The number of rotatable bonds is 6. The molecule has 3 N–H and O–H groups in total. The van der Waals surface area contributed by atoms with Crippen LogP contribution in [-0.2, 0) is 20.9 Å². The predicted molar refractivity (Wildman–Crippen MR) is 86.1 cm³/mol. The van der Waals surface area contributed by atoms with Gasteiger partial charge < -0.3 is 20.1 Å². The van der Waals surface area contributed by atoms with Gasteiger partial charge in [0.1, 0.15) is 12.4 Å². The Bertz CT molecular complexity index is 709. The molecule has 1 aromatic carbocycles. The van der Waals surface area contributed by atoms with E-state index in [9.17, 15) is 24.9 Å². The lowest BCUT2D eigenvalue weighted by atomic mass is 9.69. The maximum atomic E-state index is 11.9. The number of aliphatic hydroxyl groups is 1. The number of ether oxygens (including phenoxy) is 1. The molecule has 2 rings (SSSR count). The number of carboxylic acid groups (broad SMARTS) is 2.